The van der Waals surface area contributed by atoms with Crippen LogP contribution in [0.5, 0.6) is 0 Å². The second kappa shape index (κ2) is 9.63. The number of anilines is 1. The molecule has 3 N–H and O–H groups in total. The van der Waals surface area contributed by atoms with Gasteiger partial charge in [-0.1, -0.05) is 18.2 Å². The van der Waals surface area contributed by atoms with E-state index >= 15 is 0 Å². The predicted molar refractivity (Wildman–Crippen MR) is 120 cm³/mol. The first kappa shape index (κ1) is 23.6. The molecule has 0 saturated carbocycles. The number of halogens is 2. The van der Waals surface area contributed by atoms with Crippen LogP contribution in [0.1, 0.15) is 28.4 Å². The Hall–Kier alpha value is -4.03. The topological polar surface area (TPSA) is 104 Å². The molecule has 1 heterocycles. The van der Waals surface area contributed by atoms with Gasteiger partial charge in [-0.15, -0.1) is 0 Å². The van der Waals surface area contributed by atoms with Crippen LogP contribution in [0, 0.1) is 36.8 Å². The maximum atomic E-state index is 13.9. The minimum atomic E-state index is -1.04. The SMILES string of the molecule is Cc1c(C#N)c(NC(=O)CN(C)C(C(N)=O)c2cccc(F)c2)n(-c2cccc(F)c2)c1C. The standard InChI is InChI=1S/C24H23F2N5O2/c1-14-15(2)31(19-9-5-8-18(26)11-19)24(20(14)12-27)29-21(32)13-30(3)22(23(28)33)16-6-4-7-17(25)10-16/h4-11,22H,13H2,1-3H3,(H2,28,33)(H,29,32). The van der Waals surface area contributed by atoms with E-state index in [9.17, 15) is 23.6 Å². The highest BCUT2D eigenvalue weighted by Gasteiger charge is 2.26. The molecule has 1 unspecified atom stereocenters. The summed E-state index contributed by atoms with van der Waals surface area (Å²) in [5.74, 6) is -2.09. The summed E-state index contributed by atoms with van der Waals surface area (Å²) in [4.78, 5) is 26.3. The largest absolute Gasteiger partial charge is 0.368 e. The molecule has 0 aliphatic rings. The molecule has 9 heteroatoms. The van der Waals surface area contributed by atoms with E-state index in [-0.39, 0.29) is 17.9 Å². The molecule has 0 spiro atoms. The van der Waals surface area contributed by atoms with E-state index in [1.54, 1.807) is 30.5 Å². The van der Waals surface area contributed by atoms with Gasteiger partial charge in [0.1, 0.15) is 29.6 Å². The third kappa shape index (κ3) is 4.91. The number of carbonyl (C=O) groups is 2. The monoisotopic (exact) mass is 451 g/mol. The first-order chi connectivity index (χ1) is 15.6. The molecule has 0 aliphatic heterocycles. The van der Waals surface area contributed by atoms with Crippen LogP contribution in [0.25, 0.3) is 5.69 Å². The number of hydrogen-bond acceptors (Lipinski definition) is 4. The van der Waals surface area contributed by atoms with Gasteiger partial charge in [-0.2, -0.15) is 5.26 Å². The van der Waals surface area contributed by atoms with Crippen LogP contribution in [0.15, 0.2) is 48.5 Å². The molecule has 0 saturated heterocycles. The molecule has 7 nitrogen and oxygen atoms in total. The average molecular weight is 451 g/mol. The molecule has 3 rings (SSSR count). The fourth-order valence-corrected chi connectivity index (χ4v) is 3.80. The molecular formula is C24H23F2N5O2. The molecule has 2 aromatic carbocycles. The fourth-order valence-electron chi connectivity index (χ4n) is 3.80. The number of aromatic nitrogens is 1. The highest BCUT2D eigenvalue weighted by Crippen LogP contribution is 2.30. The first-order valence-corrected chi connectivity index (χ1v) is 10.1. The van der Waals surface area contributed by atoms with Crippen molar-refractivity contribution in [3.8, 4) is 11.8 Å². The average Bonchev–Trinajstić information content (AvgIpc) is 2.96. The molecule has 0 radical (unpaired) electrons. The van der Waals surface area contributed by atoms with E-state index in [4.69, 9.17) is 5.73 Å². The number of hydrogen-bond donors (Lipinski definition) is 2. The van der Waals surface area contributed by atoms with Gasteiger partial charge in [0.25, 0.3) is 0 Å². The quantitative estimate of drug-likeness (QED) is 0.575. The Morgan fingerprint density at radius 1 is 1.15 bits per heavy atom. The summed E-state index contributed by atoms with van der Waals surface area (Å²) in [6.45, 7) is 3.22. The zero-order valence-electron chi connectivity index (χ0n) is 18.4. The number of carbonyl (C=O) groups excluding carboxylic acids is 2. The Balaban J connectivity index is 1.92. The van der Waals surface area contributed by atoms with Gasteiger partial charge in [-0.3, -0.25) is 19.1 Å². The number of rotatable bonds is 7. The van der Waals surface area contributed by atoms with E-state index in [1.165, 1.54) is 48.3 Å². The smallest absolute Gasteiger partial charge is 0.239 e. The van der Waals surface area contributed by atoms with Crippen molar-refractivity contribution in [3.63, 3.8) is 0 Å². The molecule has 2 amide bonds. The Labute approximate surface area is 190 Å². The van der Waals surface area contributed by atoms with Gasteiger partial charge in [0.2, 0.25) is 11.8 Å². The predicted octanol–water partition coefficient (Wildman–Crippen LogP) is 3.34. The van der Waals surface area contributed by atoms with E-state index in [2.05, 4.69) is 11.4 Å². The zero-order chi connectivity index (χ0) is 24.3. The molecule has 0 bridgehead atoms. The van der Waals surface area contributed by atoms with E-state index in [0.717, 1.165) is 0 Å². The molecule has 0 aliphatic carbocycles. The van der Waals surface area contributed by atoms with Crippen LogP contribution in [0.2, 0.25) is 0 Å². The van der Waals surface area contributed by atoms with Crippen LogP contribution in [0.3, 0.4) is 0 Å². The Morgan fingerprint density at radius 2 is 1.79 bits per heavy atom. The molecule has 170 valence electrons. The van der Waals surface area contributed by atoms with Crippen LogP contribution < -0.4 is 11.1 Å². The van der Waals surface area contributed by atoms with Gasteiger partial charge in [0.15, 0.2) is 0 Å². The van der Waals surface area contributed by atoms with Crippen LogP contribution in [0.4, 0.5) is 14.6 Å². The van der Waals surface area contributed by atoms with Crippen molar-refractivity contribution in [2.45, 2.75) is 19.9 Å². The third-order valence-electron chi connectivity index (χ3n) is 5.42. The number of likely N-dealkylation sites (N-methyl/N-ethyl adjacent to an activating group) is 1. The number of nitrogens with two attached hydrogens (primary N) is 1. The first-order valence-electron chi connectivity index (χ1n) is 10.1. The second-order valence-electron chi connectivity index (χ2n) is 7.68. The molecule has 1 aromatic heterocycles. The lowest BCUT2D eigenvalue weighted by molar-refractivity contribution is -0.124. The lowest BCUT2D eigenvalue weighted by Gasteiger charge is -2.25. The third-order valence-corrected chi connectivity index (χ3v) is 5.42. The lowest BCUT2D eigenvalue weighted by atomic mass is 10.0. The normalized spacial score (nSPS) is 11.8. The van der Waals surface area contributed by atoms with Crippen molar-refractivity contribution < 1.29 is 18.4 Å². The number of nitrogens with one attached hydrogen (secondary N) is 1. The highest BCUT2D eigenvalue weighted by molar-refractivity contribution is 5.94. The summed E-state index contributed by atoms with van der Waals surface area (Å²) in [7, 11) is 1.51. The summed E-state index contributed by atoms with van der Waals surface area (Å²) in [5.41, 5.74) is 7.81. The molecule has 3 aromatic rings. The van der Waals surface area contributed by atoms with Crippen molar-refractivity contribution in [1.29, 1.82) is 5.26 Å². The van der Waals surface area contributed by atoms with Crippen LogP contribution in [-0.2, 0) is 9.59 Å². The van der Waals surface area contributed by atoms with Gasteiger partial charge in [-0.25, -0.2) is 8.78 Å². The zero-order valence-corrected chi connectivity index (χ0v) is 18.4. The van der Waals surface area contributed by atoms with Crippen molar-refractivity contribution in [1.82, 2.24) is 9.47 Å². The van der Waals surface area contributed by atoms with E-state index < -0.39 is 29.5 Å². The van der Waals surface area contributed by atoms with Gasteiger partial charge >= 0.3 is 0 Å². The maximum absolute atomic E-state index is 13.9. The molecule has 33 heavy (non-hydrogen) atoms. The number of nitriles is 1. The van der Waals surface area contributed by atoms with Gasteiger partial charge in [0, 0.05) is 5.69 Å². The number of primary amides is 1. The number of amides is 2. The summed E-state index contributed by atoms with van der Waals surface area (Å²) < 4.78 is 29.1. The lowest BCUT2D eigenvalue weighted by Crippen LogP contribution is -2.40. The Kier molecular flexibility index (Phi) is 6.89. The van der Waals surface area contributed by atoms with Crippen molar-refractivity contribution in [2.75, 3.05) is 18.9 Å². The molecular weight excluding hydrogens is 428 g/mol. The highest BCUT2D eigenvalue weighted by atomic mass is 19.1. The fraction of sp³-hybridized carbons (Fsp3) is 0.208. The second-order valence-corrected chi connectivity index (χ2v) is 7.68. The van der Waals surface area contributed by atoms with Crippen LogP contribution >= 0.6 is 0 Å². The van der Waals surface area contributed by atoms with Crippen molar-refractivity contribution in [3.05, 3.63) is 82.5 Å². The minimum Gasteiger partial charge on any atom is -0.368 e. The number of nitrogens with zero attached hydrogens (tertiary/aromatic N) is 3. The van der Waals surface area contributed by atoms with E-state index in [0.29, 0.717) is 22.5 Å². The Bertz CT molecular complexity index is 1260. The molecule has 1 atom stereocenters. The summed E-state index contributed by atoms with van der Waals surface area (Å²) in [6, 6.07) is 12.2. The summed E-state index contributed by atoms with van der Waals surface area (Å²) in [5, 5.41) is 12.4. The van der Waals surface area contributed by atoms with Crippen molar-refractivity contribution >= 4 is 17.6 Å². The van der Waals surface area contributed by atoms with E-state index in [1.807, 2.05) is 0 Å². The molecule has 0 fully saturated rings. The van der Waals surface area contributed by atoms with Crippen molar-refractivity contribution in [2.24, 2.45) is 5.73 Å². The van der Waals surface area contributed by atoms with Gasteiger partial charge in [0.05, 0.1) is 17.8 Å². The van der Waals surface area contributed by atoms with Gasteiger partial charge < -0.3 is 11.1 Å². The van der Waals surface area contributed by atoms with Crippen LogP contribution in [-0.4, -0.2) is 34.9 Å². The summed E-state index contributed by atoms with van der Waals surface area (Å²) in [6.07, 6.45) is 0. The maximum Gasteiger partial charge on any atom is 0.239 e. The number of benzene rings is 2. The summed E-state index contributed by atoms with van der Waals surface area (Å²) >= 11 is 0. The Morgan fingerprint density at radius 3 is 2.36 bits per heavy atom. The minimum absolute atomic E-state index is 0.192. The van der Waals surface area contributed by atoms with Gasteiger partial charge in [-0.05, 0) is 62.4 Å².